The van der Waals surface area contributed by atoms with E-state index in [1.165, 1.54) is 17.6 Å². The van der Waals surface area contributed by atoms with E-state index in [4.69, 9.17) is 16.1 Å². The molecule has 1 fully saturated rings. The lowest BCUT2D eigenvalue weighted by Crippen LogP contribution is -2.39. The van der Waals surface area contributed by atoms with Crippen molar-refractivity contribution in [1.29, 1.82) is 0 Å². The molecule has 0 bridgehead atoms. The molecule has 32 heavy (non-hydrogen) atoms. The van der Waals surface area contributed by atoms with E-state index in [0.29, 0.717) is 10.7 Å². The Morgan fingerprint density at radius 1 is 1.03 bits per heavy atom. The zero-order valence-corrected chi connectivity index (χ0v) is 19.4. The highest BCUT2D eigenvalue weighted by atomic mass is 35.5. The molecule has 0 radical (unpaired) electrons. The zero-order chi connectivity index (χ0) is 22.1. The van der Waals surface area contributed by atoms with Crippen molar-refractivity contribution < 1.29 is 12.9 Å². The van der Waals surface area contributed by atoms with Crippen LogP contribution < -0.4 is 10.0 Å². The van der Waals surface area contributed by atoms with Crippen molar-refractivity contribution in [3.8, 4) is 10.6 Å². The van der Waals surface area contributed by atoms with Crippen LogP contribution in [0.2, 0.25) is 5.02 Å². The van der Waals surface area contributed by atoms with E-state index < -0.39 is 10.0 Å². The van der Waals surface area contributed by atoms with Gasteiger partial charge in [-0.1, -0.05) is 16.8 Å². The first-order chi connectivity index (χ1) is 15.5. The largest absolute Gasteiger partial charge is 0.382 e. The summed E-state index contributed by atoms with van der Waals surface area (Å²) in [6.07, 6.45) is 6.53. The number of benzene rings is 1. The Balaban J connectivity index is 1.21. The summed E-state index contributed by atoms with van der Waals surface area (Å²) >= 11 is 7.27. The maximum absolute atomic E-state index is 12.9. The van der Waals surface area contributed by atoms with Crippen molar-refractivity contribution >= 4 is 49.6 Å². The molecule has 3 heterocycles. The molecule has 0 atom stereocenters. The number of thiophene rings is 1. The molecule has 3 aromatic heterocycles. The number of aromatic nitrogens is 2. The number of fused-ring (bicyclic) bond motifs is 1. The van der Waals surface area contributed by atoms with Crippen molar-refractivity contribution in [1.82, 2.24) is 14.9 Å². The molecule has 2 N–H and O–H groups in total. The monoisotopic (exact) mass is 488 g/mol. The minimum Gasteiger partial charge on any atom is -0.382 e. The number of anilines is 1. The lowest BCUT2D eigenvalue weighted by molar-refractivity contribution is 0.387. The van der Waals surface area contributed by atoms with Gasteiger partial charge in [0.1, 0.15) is 16.2 Å². The highest BCUT2D eigenvalue weighted by Crippen LogP contribution is 2.31. The van der Waals surface area contributed by atoms with E-state index in [-0.39, 0.29) is 16.3 Å². The molecule has 0 spiro atoms. The predicted octanol–water partition coefficient (Wildman–Crippen LogP) is 5.31. The summed E-state index contributed by atoms with van der Waals surface area (Å²) in [5.41, 5.74) is 2.51. The number of nitrogens with one attached hydrogen (secondary N) is 2. The second-order valence-corrected chi connectivity index (χ2v) is 11.3. The number of hydrogen-bond donors (Lipinski definition) is 2. The molecule has 0 amide bonds. The average molecular weight is 489 g/mol. The first-order valence-corrected chi connectivity index (χ1v) is 13.0. The number of rotatable bonds is 6. The van der Waals surface area contributed by atoms with Gasteiger partial charge in [0.15, 0.2) is 0 Å². The van der Waals surface area contributed by atoms with Gasteiger partial charge in [-0.2, -0.15) is 0 Å². The van der Waals surface area contributed by atoms with E-state index in [9.17, 15) is 8.42 Å². The van der Waals surface area contributed by atoms with Gasteiger partial charge in [-0.3, -0.25) is 4.98 Å². The van der Waals surface area contributed by atoms with Crippen LogP contribution in [-0.2, 0) is 10.0 Å². The van der Waals surface area contributed by atoms with E-state index in [0.717, 1.165) is 47.2 Å². The van der Waals surface area contributed by atoms with Gasteiger partial charge >= 0.3 is 0 Å². The molecule has 10 heteroatoms. The van der Waals surface area contributed by atoms with Crippen LogP contribution in [0.15, 0.2) is 63.7 Å². The predicted molar refractivity (Wildman–Crippen MR) is 127 cm³/mol. The smallest absolute Gasteiger partial charge is 0.250 e. The average Bonchev–Trinajstić information content (AvgIpc) is 3.47. The minimum atomic E-state index is -3.57. The van der Waals surface area contributed by atoms with E-state index in [1.807, 2.05) is 24.3 Å². The van der Waals surface area contributed by atoms with Crippen LogP contribution in [0, 0.1) is 0 Å². The lowest BCUT2D eigenvalue weighted by atomic mass is 9.91. The van der Waals surface area contributed by atoms with E-state index in [2.05, 4.69) is 20.2 Å². The van der Waals surface area contributed by atoms with Gasteiger partial charge in [-0.15, -0.1) is 11.3 Å². The number of nitrogens with zero attached hydrogens (tertiary/aromatic N) is 2. The summed E-state index contributed by atoms with van der Waals surface area (Å²) in [4.78, 5) is 5.15. The van der Waals surface area contributed by atoms with Crippen LogP contribution in [0.5, 0.6) is 0 Å². The topological polar surface area (TPSA) is 97.1 Å². The molecule has 7 nitrogen and oxygen atoms in total. The Bertz CT molecular complexity index is 1330. The van der Waals surface area contributed by atoms with Crippen molar-refractivity contribution in [2.75, 3.05) is 5.32 Å². The van der Waals surface area contributed by atoms with Gasteiger partial charge in [0.25, 0.3) is 0 Å². The number of hydrogen-bond acceptors (Lipinski definition) is 7. The third kappa shape index (κ3) is 4.52. The third-order valence-electron chi connectivity index (χ3n) is 5.65. The Morgan fingerprint density at radius 3 is 2.62 bits per heavy atom. The van der Waals surface area contributed by atoms with Crippen LogP contribution in [0.1, 0.15) is 25.7 Å². The van der Waals surface area contributed by atoms with Crippen LogP contribution in [0.3, 0.4) is 0 Å². The Morgan fingerprint density at radius 2 is 1.84 bits per heavy atom. The van der Waals surface area contributed by atoms with E-state index in [1.54, 1.807) is 24.4 Å². The van der Waals surface area contributed by atoms with E-state index >= 15 is 0 Å². The SMILES string of the molecule is O=S(=O)(NC1CCC(Nc2ccnc3cc(Cl)ccc23)CC1)c1ccc(-c2ccon2)s1. The molecule has 0 saturated heterocycles. The highest BCUT2D eigenvalue weighted by molar-refractivity contribution is 7.91. The second-order valence-electron chi connectivity index (χ2n) is 7.84. The maximum atomic E-state index is 12.9. The summed E-state index contributed by atoms with van der Waals surface area (Å²) in [5.74, 6) is 0. The fourth-order valence-electron chi connectivity index (χ4n) is 4.04. The second kappa shape index (κ2) is 8.82. The summed E-state index contributed by atoms with van der Waals surface area (Å²) in [5, 5.41) is 9.16. The fraction of sp³-hybridized carbons (Fsp3) is 0.273. The van der Waals surface area contributed by atoms with Crippen LogP contribution in [0.25, 0.3) is 21.5 Å². The van der Waals surface area contributed by atoms with Crippen molar-refractivity contribution in [2.45, 2.75) is 42.0 Å². The number of pyridine rings is 1. The molecule has 1 aromatic carbocycles. The van der Waals surface area contributed by atoms with Crippen molar-refractivity contribution in [3.63, 3.8) is 0 Å². The molecule has 5 rings (SSSR count). The van der Waals surface area contributed by atoms with Gasteiger partial charge in [-0.05, 0) is 62.1 Å². The molecule has 166 valence electrons. The fourth-order valence-corrected chi connectivity index (χ4v) is 6.80. The van der Waals surface area contributed by atoms with Crippen molar-refractivity contribution in [3.05, 3.63) is 59.9 Å². The maximum Gasteiger partial charge on any atom is 0.250 e. The van der Waals surface area contributed by atoms with Gasteiger partial charge in [0.05, 0.1) is 10.4 Å². The molecule has 1 aliphatic carbocycles. The first kappa shape index (κ1) is 21.4. The first-order valence-electron chi connectivity index (χ1n) is 10.3. The quantitative estimate of drug-likeness (QED) is 0.382. The highest BCUT2D eigenvalue weighted by Gasteiger charge is 2.27. The normalized spacial score (nSPS) is 19.3. The van der Waals surface area contributed by atoms with Crippen molar-refractivity contribution in [2.24, 2.45) is 0 Å². The molecule has 1 saturated carbocycles. The summed E-state index contributed by atoms with van der Waals surface area (Å²) in [6.45, 7) is 0. The molecular formula is C22H21ClN4O3S2. The molecule has 4 aromatic rings. The molecular weight excluding hydrogens is 468 g/mol. The van der Waals surface area contributed by atoms with Gasteiger partial charge in [-0.25, -0.2) is 13.1 Å². The zero-order valence-electron chi connectivity index (χ0n) is 17.0. The van der Waals surface area contributed by atoms with Gasteiger partial charge in [0.2, 0.25) is 10.0 Å². The molecule has 0 unspecified atom stereocenters. The Hall–Kier alpha value is -2.46. The Kier molecular flexibility index (Phi) is 5.90. The summed E-state index contributed by atoms with van der Waals surface area (Å²) in [7, 11) is -3.57. The third-order valence-corrected chi connectivity index (χ3v) is 9.01. The van der Waals surface area contributed by atoms with Crippen LogP contribution >= 0.6 is 22.9 Å². The summed E-state index contributed by atoms with van der Waals surface area (Å²) in [6, 6.07) is 12.9. The molecule has 0 aliphatic heterocycles. The standard InChI is InChI=1S/C22H21ClN4O3S2/c23-14-1-6-17-18(9-11-24-20(17)13-14)25-15-2-4-16(5-3-15)27-32(28,29)22-8-7-21(31-22)19-10-12-30-26-19/h1,6-13,15-16,27H,2-5H2,(H,24,25). The van der Waals surface area contributed by atoms with Crippen LogP contribution in [0.4, 0.5) is 5.69 Å². The van der Waals surface area contributed by atoms with Gasteiger partial charge in [0, 0.05) is 40.4 Å². The number of halogens is 1. The number of sulfonamides is 1. The molecule has 1 aliphatic rings. The van der Waals surface area contributed by atoms with Crippen LogP contribution in [-0.4, -0.2) is 30.6 Å². The minimum absolute atomic E-state index is 0.0800. The van der Waals surface area contributed by atoms with Gasteiger partial charge < -0.3 is 9.84 Å². The summed E-state index contributed by atoms with van der Waals surface area (Å²) < 4.78 is 33.7. The Labute approximate surface area is 194 Å². The lowest BCUT2D eigenvalue weighted by Gasteiger charge is -2.30.